The molecule has 166 valence electrons. The van der Waals surface area contributed by atoms with E-state index in [0.717, 1.165) is 5.56 Å². The first kappa shape index (κ1) is 22.1. The summed E-state index contributed by atoms with van der Waals surface area (Å²) >= 11 is 1.71. The van der Waals surface area contributed by atoms with Gasteiger partial charge in [0.05, 0.1) is 12.5 Å². The molecule has 1 fully saturated rings. The van der Waals surface area contributed by atoms with Gasteiger partial charge >= 0.3 is 0 Å². The van der Waals surface area contributed by atoms with Gasteiger partial charge in [-0.15, -0.1) is 11.3 Å². The van der Waals surface area contributed by atoms with Crippen LogP contribution in [0.25, 0.3) is 10.4 Å². The maximum absolute atomic E-state index is 13.3. The van der Waals surface area contributed by atoms with E-state index in [1.165, 1.54) is 10.4 Å². The van der Waals surface area contributed by atoms with Gasteiger partial charge in [-0.25, -0.2) is 0 Å². The molecule has 1 aliphatic rings. The van der Waals surface area contributed by atoms with Crippen molar-refractivity contribution in [2.75, 3.05) is 34.3 Å². The number of carbonyl (C=O) groups is 2. The molecule has 1 atom stereocenters. The fraction of sp³-hybridized carbons (Fsp3) is 0.308. The van der Waals surface area contributed by atoms with Crippen LogP contribution in [0.2, 0.25) is 0 Å². The van der Waals surface area contributed by atoms with Gasteiger partial charge in [0, 0.05) is 37.6 Å². The predicted molar refractivity (Wildman–Crippen MR) is 128 cm³/mol. The number of rotatable bonds is 6. The van der Waals surface area contributed by atoms with E-state index < -0.39 is 5.41 Å². The standard InChI is InChI=1S/C26H28N2O3S/c1-27(2)25(30)26(17-19-9-11-20(12-10-19)23-8-5-15-32-23)13-14-28(18-26)24(29)21-6-4-7-22(16-21)31-3/h4-12,15-16H,13-14,17-18H2,1-3H3/t26-/m1/s1. The van der Waals surface area contributed by atoms with Crippen molar-refractivity contribution in [3.05, 3.63) is 77.2 Å². The average molecular weight is 449 g/mol. The Labute approximate surface area is 193 Å². The molecule has 1 aromatic heterocycles. The molecule has 0 radical (unpaired) electrons. The van der Waals surface area contributed by atoms with Gasteiger partial charge in [-0.2, -0.15) is 0 Å². The van der Waals surface area contributed by atoms with Crippen LogP contribution in [-0.2, 0) is 11.2 Å². The fourth-order valence-corrected chi connectivity index (χ4v) is 5.21. The lowest BCUT2D eigenvalue weighted by Gasteiger charge is -2.31. The number of likely N-dealkylation sites (tertiary alicyclic amines) is 1. The monoisotopic (exact) mass is 448 g/mol. The van der Waals surface area contributed by atoms with Crippen LogP contribution in [0.3, 0.4) is 0 Å². The Morgan fingerprint density at radius 2 is 1.88 bits per heavy atom. The third-order valence-electron chi connectivity index (χ3n) is 6.12. The number of hydrogen-bond donors (Lipinski definition) is 0. The van der Waals surface area contributed by atoms with Crippen molar-refractivity contribution in [3.8, 4) is 16.2 Å². The lowest BCUT2D eigenvalue weighted by atomic mass is 9.79. The van der Waals surface area contributed by atoms with Crippen LogP contribution >= 0.6 is 11.3 Å². The number of amides is 2. The van der Waals surface area contributed by atoms with Gasteiger partial charge < -0.3 is 14.5 Å². The second-order valence-corrected chi connectivity index (χ2v) is 9.49. The number of methoxy groups -OCH3 is 1. The number of nitrogens with zero attached hydrogens (tertiary/aromatic N) is 2. The lowest BCUT2D eigenvalue weighted by Crippen LogP contribution is -2.44. The number of carbonyl (C=O) groups excluding carboxylic acids is 2. The number of benzene rings is 2. The Bertz CT molecular complexity index is 1090. The molecular formula is C26H28N2O3S. The summed E-state index contributed by atoms with van der Waals surface area (Å²) in [6.07, 6.45) is 1.25. The van der Waals surface area contributed by atoms with Gasteiger partial charge in [-0.3, -0.25) is 9.59 Å². The van der Waals surface area contributed by atoms with Gasteiger partial charge in [0.1, 0.15) is 5.75 Å². The number of ether oxygens (including phenoxy) is 1. The molecule has 0 spiro atoms. The molecule has 0 unspecified atom stereocenters. The summed E-state index contributed by atoms with van der Waals surface area (Å²) in [7, 11) is 5.16. The molecule has 6 heteroatoms. The van der Waals surface area contributed by atoms with E-state index in [9.17, 15) is 9.59 Å². The Morgan fingerprint density at radius 1 is 1.09 bits per heavy atom. The normalized spacial score (nSPS) is 17.9. The molecule has 0 aliphatic carbocycles. The molecule has 1 saturated heterocycles. The van der Waals surface area contributed by atoms with Crippen LogP contribution in [-0.4, -0.2) is 55.9 Å². The molecule has 5 nitrogen and oxygen atoms in total. The van der Waals surface area contributed by atoms with E-state index in [0.29, 0.717) is 37.2 Å². The molecule has 4 rings (SSSR count). The highest BCUT2D eigenvalue weighted by atomic mass is 32.1. The maximum atomic E-state index is 13.3. The quantitative estimate of drug-likeness (QED) is 0.554. The largest absolute Gasteiger partial charge is 0.497 e. The van der Waals surface area contributed by atoms with Crippen molar-refractivity contribution in [1.82, 2.24) is 9.80 Å². The Kier molecular flexibility index (Phi) is 6.33. The average Bonchev–Trinajstić information content (AvgIpc) is 3.50. The van der Waals surface area contributed by atoms with Crippen molar-refractivity contribution in [2.24, 2.45) is 5.41 Å². The van der Waals surface area contributed by atoms with Crippen molar-refractivity contribution < 1.29 is 14.3 Å². The van der Waals surface area contributed by atoms with Gasteiger partial charge in [0.25, 0.3) is 5.91 Å². The summed E-state index contributed by atoms with van der Waals surface area (Å²) in [6.45, 7) is 0.968. The van der Waals surface area contributed by atoms with Crippen molar-refractivity contribution >= 4 is 23.2 Å². The molecule has 0 bridgehead atoms. The third kappa shape index (κ3) is 4.41. The van der Waals surface area contributed by atoms with E-state index in [1.54, 1.807) is 54.5 Å². The summed E-state index contributed by atoms with van der Waals surface area (Å²) in [6, 6.07) is 19.8. The number of thiophene rings is 1. The molecule has 3 aromatic rings. The SMILES string of the molecule is COc1cccc(C(=O)N2CC[C@](Cc3ccc(-c4cccs4)cc3)(C(=O)N(C)C)C2)c1. The highest BCUT2D eigenvalue weighted by molar-refractivity contribution is 7.13. The summed E-state index contributed by atoms with van der Waals surface area (Å²) in [5.74, 6) is 0.655. The first-order chi connectivity index (χ1) is 15.4. The zero-order chi connectivity index (χ0) is 22.7. The van der Waals surface area contributed by atoms with Crippen molar-refractivity contribution in [3.63, 3.8) is 0 Å². The van der Waals surface area contributed by atoms with E-state index in [1.807, 2.05) is 18.2 Å². The van der Waals surface area contributed by atoms with Gasteiger partial charge in [-0.1, -0.05) is 36.4 Å². The molecule has 0 N–H and O–H groups in total. The third-order valence-corrected chi connectivity index (χ3v) is 7.04. The second kappa shape index (κ2) is 9.17. The van der Waals surface area contributed by atoms with E-state index in [-0.39, 0.29) is 11.8 Å². The Balaban J connectivity index is 1.56. The van der Waals surface area contributed by atoms with Crippen molar-refractivity contribution in [1.29, 1.82) is 0 Å². The second-order valence-electron chi connectivity index (χ2n) is 8.54. The lowest BCUT2D eigenvalue weighted by molar-refractivity contribution is -0.138. The highest BCUT2D eigenvalue weighted by Gasteiger charge is 2.46. The van der Waals surface area contributed by atoms with Crippen molar-refractivity contribution in [2.45, 2.75) is 12.8 Å². The molecule has 2 aromatic carbocycles. The minimum Gasteiger partial charge on any atom is -0.497 e. The Morgan fingerprint density at radius 3 is 2.53 bits per heavy atom. The predicted octanol–water partition coefficient (Wildman–Crippen LogP) is 4.59. The van der Waals surface area contributed by atoms with Gasteiger partial charge in [-0.05, 0) is 53.6 Å². The van der Waals surface area contributed by atoms with Crippen LogP contribution < -0.4 is 4.74 Å². The first-order valence-electron chi connectivity index (χ1n) is 10.7. The topological polar surface area (TPSA) is 49.9 Å². The highest BCUT2D eigenvalue weighted by Crippen LogP contribution is 2.37. The maximum Gasteiger partial charge on any atom is 0.254 e. The molecule has 0 saturated carbocycles. The first-order valence-corrected chi connectivity index (χ1v) is 11.6. The Hall–Kier alpha value is -3.12. The van der Waals surface area contributed by atoms with Crippen LogP contribution in [0.4, 0.5) is 0 Å². The van der Waals surface area contributed by atoms with Crippen LogP contribution in [0.5, 0.6) is 5.75 Å². The van der Waals surface area contributed by atoms with E-state index in [4.69, 9.17) is 4.74 Å². The van der Waals surface area contributed by atoms with Gasteiger partial charge in [0.2, 0.25) is 5.91 Å². The molecule has 32 heavy (non-hydrogen) atoms. The van der Waals surface area contributed by atoms with E-state index >= 15 is 0 Å². The van der Waals surface area contributed by atoms with Crippen LogP contribution in [0.1, 0.15) is 22.3 Å². The molecule has 2 amide bonds. The van der Waals surface area contributed by atoms with E-state index in [2.05, 4.69) is 35.7 Å². The van der Waals surface area contributed by atoms with Crippen LogP contribution in [0.15, 0.2) is 66.0 Å². The van der Waals surface area contributed by atoms with Gasteiger partial charge in [0.15, 0.2) is 0 Å². The van der Waals surface area contributed by atoms with Crippen LogP contribution in [0, 0.1) is 5.41 Å². The minimum absolute atomic E-state index is 0.0645. The molecule has 2 heterocycles. The minimum atomic E-state index is -0.623. The zero-order valence-corrected chi connectivity index (χ0v) is 19.5. The fourth-order valence-electron chi connectivity index (χ4n) is 4.47. The smallest absolute Gasteiger partial charge is 0.254 e. The zero-order valence-electron chi connectivity index (χ0n) is 18.7. The molecule has 1 aliphatic heterocycles. The summed E-state index contributed by atoms with van der Waals surface area (Å²) in [5, 5.41) is 2.07. The number of hydrogen-bond acceptors (Lipinski definition) is 4. The summed E-state index contributed by atoms with van der Waals surface area (Å²) in [5.41, 5.74) is 2.24. The molecular weight excluding hydrogens is 420 g/mol. The summed E-state index contributed by atoms with van der Waals surface area (Å²) in [4.78, 5) is 31.2. The summed E-state index contributed by atoms with van der Waals surface area (Å²) < 4.78 is 5.26.